The minimum Gasteiger partial charge on any atom is -0.406 e. The molecule has 0 radical (unpaired) electrons. The smallest absolute Gasteiger partial charge is 0.406 e. The lowest BCUT2D eigenvalue weighted by molar-refractivity contribution is -0.274. The Labute approximate surface area is 147 Å². The molecule has 0 saturated heterocycles. The molecule has 0 aliphatic heterocycles. The number of nitrogens with one attached hydrogen (secondary N) is 2. The highest BCUT2D eigenvalue weighted by molar-refractivity contribution is 7.92. The van der Waals surface area contributed by atoms with Crippen LogP contribution < -0.4 is 14.2 Å². The molecule has 2 aromatic rings. The fourth-order valence-corrected chi connectivity index (χ4v) is 3.53. The van der Waals surface area contributed by atoms with E-state index >= 15 is 0 Å². The van der Waals surface area contributed by atoms with Gasteiger partial charge in [-0.1, -0.05) is 6.07 Å². The van der Waals surface area contributed by atoms with Gasteiger partial charge in [-0.3, -0.25) is 9.44 Å². The summed E-state index contributed by atoms with van der Waals surface area (Å²) >= 11 is 0. The summed E-state index contributed by atoms with van der Waals surface area (Å²) in [6.45, 7) is 0. The molecule has 0 fully saturated rings. The van der Waals surface area contributed by atoms with Crippen LogP contribution in [0.2, 0.25) is 0 Å². The van der Waals surface area contributed by atoms with Gasteiger partial charge >= 0.3 is 6.36 Å². The zero-order valence-corrected chi connectivity index (χ0v) is 14.7. The Morgan fingerprint density at radius 3 is 1.92 bits per heavy atom. The summed E-state index contributed by atoms with van der Waals surface area (Å²) in [5, 5.41) is 0. The molecule has 26 heavy (non-hydrogen) atoms. The third-order valence-electron chi connectivity index (χ3n) is 2.79. The number of halogens is 3. The van der Waals surface area contributed by atoms with Gasteiger partial charge in [0.15, 0.2) is 0 Å². The predicted molar refractivity (Wildman–Crippen MR) is 88.8 cm³/mol. The van der Waals surface area contributed by atoms with E-state index in [1.165, 1.54) is 24.3 Å². The van der Waals surface area contributed by atoms with Crippen LogP contribution in [0.5, 0.6) is 5.75 Å². The van der Waals surface area contributed by atoms with E-state index in [1.54, 1.807) is 0 Å². The van der Waals surface area contributed by atoms with E-state index in [2.05, 4.69) is 14.2 Å². The molecule has 0 bridgehead atoms. The van der Waals surface area contributed by atoms with Crippen molar-refractivity contribution in [2.45, 2.75) is 11.3 Å². The topological polar surface area (TPSA) is 102 Å². The lowest BCUT2D eigenvalue weighted by Gasteiger charge is -2.12. The van der Waals surface area contributed by atoms with E-state index < -0.39 is 37.1 Å². The number of sulfonamides is 2. The Balaban J connectivity index is 2.19. The van der Waals surface area contributed by atoms with Crippen molar-refractivity contribution >= 4 is 31.4 Å². The first-order valence-corrected chi connectivity index (χ1v) is 10.2. The van der Waals surface area contributed by atoms with Crippen LogP contribution in [-0.2, 0) is 20.0 Å². The van der Waals surface area contributed by atoms with Crippen molar-refractivity contribution in [3.05, 3.63) is 48.5 Å². The second-order valence-corrected chi connectivity index (χ2v) is 8.51. The lowest BCUT2D eigenvalue weighted by Crippen LogP contribution is -2.18. The SMILES string of the molecule is CS(=O)(=O)Nc1ccc(NS(=O)(=O)c2cccc(OC(F)(F)F)c2)cc1. The first-order chi connectivity index (χ1) is 11.8. The summed E-state index contributed by atoms with van der Waals surface area (Å²) in [6, 6.07) is 9.14. The maximum Gasteiger partial charge on any atom is 0.573 e. The Kier molecular flexibility index (Phi) is 5.37. The van der Waals surface area contributed by atoms with Crippen molar-refractivity contribution in [2.24, 2.45) is 0 Å². The van der Waals surface area contributed by atoms with Crippen LogP contribution in [0, 0.1) is 0 Å². The molecule has 12 heteroatoms. The van der Waals surface area contributed by atoms with Crippen LogP contribution in [0.15, 0.2) is 53.4 Å². The lowest BCUT2D eigenvalue weighted by atomic mass is 10.3. The van der Waals surface area contributed by atoms with Gasteiger partial charge in [0, 0.05) is 17.4 Å². The van der Waals surface area contributed by atoms with Crippen molar-refractivity contribution in [2.75, 3.05) is 15.7 Å². The average molecular weight is 410 g/mol. The van der Waals surface area contributed by atoms with Crippen LogP contribution in [0.25, 0.3) is 0 Å². The van der Waals surface area contributed by atoms with Gasteiger partial charge < -0.3 is 4.74 Å². The second kappa shape index (κ2) is 7.03. The van der Waals surface area contributed by atoms with E-state index in [1.807, 2.05) is 0 Å². The Morgan fingerprint density at radius 2 is 1.42 bits per heavy atom. The van der Waals surface area contributed by atoms with E-state index in [-0.39, 0.29) is 11.4 Å². The molecule has 0 aliphatic rings. The minimum atomic E-state index is -4.95. The van der Waals surface area contributed by atoms with Gasteiger partial charge in [-0.25, -0.2) is 16.8 Å². The maximum atomic E-state index is 12.3. The largest absolute Gasteiger partial charge is 0.573 e. The number of rotatable bonds is 6. The van der Waals surface area contributed by atoms with Crippen molar-refractivity contribution < 1.29 is 34.7 Å². The highest BCUT2D eigenvalue weighted by Crippen LogP contribution is 2.26. The maximum absolute atomic E-state index is 12.3. The van der Waals surface area contributed by atoms with Gasteiger partial charge in [0.25, 0.3) is 10.0 Å². The van der Waals surface area contributed by atoms with Crippen LogP contribution in [0.3, 0.4) is 0 Å². The number of hydrogen-bond acceptors (Lipinski definition) is 5. The highest BCUT2D eigenvalue weighted by atomic mass is 32.2. The minimum absolute atomic E-state index is 0.0891. The number of benzene rings is 2. The Hall–Kier alpha value is -2.47. The zero-order valence-electron chi connectivity index (χ0n) is 13.1. The predicted octanol–water partition coefficient (Wildman–Crippen LogP) is 2.76. The number of alkyl halides is 3. The summed E-state index contributed by atoms with van der Waals surface area (Å²) in [5.74, 6) is -0.673. The highest BCUT2D eigenvalue weighted by Gasteiger charge is 2.31. The number of ether oxygens (including phenoxy) is 1. The summed E-state index contributed by atoms with van der Waals surface area (Å²) < 4.78 is 91.6. The van der Waals surface area contributed by atoms with Gasteiger partial charge in [0.2, 0.25) is 10.0 Å². The third kappa shape index (κ3) is 6.11. The first kappa shape index (κ1) is 19.8. The zero-order chi connectivity index (χ0) is 19.6. The van der Waals surface area contributed by atoms with E-state index in [9.17, 15) is 30.0 Å². The van der Waals surface area contributed by atoms with Gasteiger partial charge in [-0.05, 0) is 36.4 Å². The van der Waals surface area contributed by atoms with Crippen molar-refractivity contribution in [1.82, 2.24) is 0 Å². The summed E-state index contributed by atoms with van der Waals surface area (Å²) in [6.07, 6.45) is -3.99. The van der Waals surface area contributed by atoms with Crippen molar-refractivity contribution in [1.29, 1.82) is 0 Å². The molecule has 0 aromatic heterocycles. The van der Waals surface area contributed by atoms with Crippen molar-refractivity contribution in [3.8, 4) is 5.75 Å². The molecule has 0 aliphatic carbocycles. The monoisotopic (exact) mass is 410 g/mol. The summed E-state index contributed by atoms with van der Waals surface area (Å²) in [5.41, 5.74) is 0.308. The van der Waals surface area contributed by atoms with E-state index in [0.29, 0.717) is 0 Å². The van der Waals surface area contributed by atoms with Crippen molar-refractivity contribution in [3.63, 3.8) is 0 Å². The number of anilines is 2. The molecule has 0 unspecified atom stereocenters. The molecular formula is C14H13F3N2O5S2. The first-order valence-electron chi connectivity index (χ1n) is 6.81. The second-order valence-electron chi connectivity index (χ2n) is 5.08. The summed E-state index contributed by atoms with van der Waals surface area (Å²) in [7, 11) is -7.66. The fourth-order valence-electron chi connectivity index (χ4n) is 1.87. The van der Waals surface area contributed by atoms with Crippen LogP contribution in [0.4, 0.5) is 24.5 Å². The molecule has 0 spiro atoms. The molecule has 7 nitrogen and oxygen atoms in total. The van der Waals surface area contributed by atoms with Crippen LogP contribution >= 0.6 is 0 Å². The standard InChI is InChI=1S/C14H13F3N2O5S2/c1-25(20,21)18-10-5-7-11(8-6-10)19-26(22,23)13-4-2-3-12(9-13)24-14(15,16)17/h2-9,18-19H,1H3. The van der Waals surface area contributed by atoms with Gasteiger partial charge in [-0.15, -0.1) is 13.2 Å². The molecule has 2 rings (SSSR count). The summed E-state index contributed by atoms with van der Waals surface area (Å²) in [4.78, 5) is -0.433. The molecule has 0 amide bonds. The third-order valence-corrected chi connectivity index (χ3v) is 4.78. The molecular weight excluding hydrogens is 397 g/mol. The molecule has 0 atom stereocenters. The van der Waals surface area contributed by atoms with Crippen LogP contribution in [0.1, 0.15) is 0 Å². The van der Waals surface area contributed by atoms with Crippen LogP contribution in [-0.4, -0.2) is 29.5 Å². The fraction of sp³-hybridized carbons (Fsp3) is 0.143. The molecule has 0 saturated carbocycles. The average Bonchev–Trinajstić information content (AvgIpc) is 2.46. The quantitative estimate of drug-likeness (QED) is 0.763. The van der Waals surface area contributed by atoms with E-state index in [4.69, 9.17) is 0 Å². The Morgan fingerprint density at radius 1 is 0.885 bits per heavy atom. The van der Waals surface area contributed by atoms with Gasteiger partial charge in [0.05, 0.1) is 11.2 Å². The molecule has 142 valence electrons. The normalized spacial score (nSPS) is 12.5. The van der Waals surface area contributed by atoms with Gasteiger partial charge in [-0.2, -0.15) is 0 Å². The molecule has 2 N–H and O–H groups in total. The van der Waals surface area contributed by atoms with E-state index in [0.717, 1.165) is 30.5 Å². The Bertz CT molecular complexity index is 988. The molecule has 0 heterocycles. The molecule has 2 aromatic carbocycles. The number of hydrogen-bond donors (Lipinski definition) is 2. The van der Waals surface area contributed by atoms with Gasteiger partial charge in [0.1, 0.15) is 5.75 Å².